The number of nitrogens with one attached hydrogen (secondary N) is 1. The van der Waals surface area contributed by atoms with Gasteiger partial charge >= 0.3 is 12.1 Å². The van der Waals surface area contributed by atoms with Gasteiger partial charge in [0.05, 0.1) is 0 Å². The van der Waals surface area contributed by atoms with E-state index in [0.717, 1.165) is 0 Å². The second kappa shape index (κ2) is 6.55. The lowest BCUT2D eigenvalue weighted by Crippen LogP contribution is -2.28. The largest absolute Gasteiger partial charge is 0.479 e. The minimum absolute atomic E-state index is 0.165. The maximum atomic E-state index is 11.6. The van der Waals surface area contributed by atoms with Crippen molar-refractivity contribution in [3.05, 3.63) is 29.8 Å². The summed E-state index contributed by atoms with van der Waals surface area (Å²) in [5, 5.41) is 30.2. The van der Waals surface area contributed by atoms with Gasteiger partial charge in [0.15, 0.2) is 6.10 Å². The van der Waals surface area contributed by atoms with Crippen LogP contribution in [0.4, 0.5) is 10.5 Å². The third-order valence-corrected chi connectivity index (χ3v) is 2.43. The molecular formula is C14H19NO6. The molecule has 0 saturated heterocycles. The summed E-state index contributed by atoms with van der Waals surface area (Å²) in [6.45, 7) is 5.15. The summed E-state index contributed by atoms with van der Waals surface area (Å²) in [6.07, 6.45) is -4.21. The normalized spacial score (nSPS) is 14.1. The first-order chi connectivity index (χ1) is 9.60. The van der Waals surface area contributed by atoms with Crippen LogP contribution in [0.1, 0.15) is 32.4 Å². The number of aliphatic hydroxyl groups excluding tert-OH is 2. The number of anilines is 1. The van der Waals surface area contributed by atoms with E-state index in [1.165, 1.54) is 18.2 Å². The summed E-state index contributed by atoms with van der Waals surface area (Å²) in [5.41, 5.74) is -0.169. The van der Waals surface area contributed by atoms with Gasteiger partial charge in [-0.15, -0.1) is 0 Å². The summed E-state index contributed by atoms with van der Waals surface area (Å²) in [4.78, 5) is 22.2. The molecule has 1 aromatic rings. The lowest BCUT2D eigenvalue weighted by atomic mass is 10.0. The molecule has 0 heterocycles. The molecule has 21 heavy (non-hydrogen) atoms. The fourth-order valence-electron chi connectivity index (χ4n) is 1.54. The predicted octanol–water partition coefficient (Wildman–Crippen LogP) is 1.51. The number of ether oxygens (including phenoxy) is 1. The van der Waals surface area contributed by atoms with Crippen LogP contribution in [-0.4, -0.2) is 39.1 Å². The Bertz CT molecular complexity index is 522. The maximum Gasteiger partial charge on any atom is 0.412 e. The van der Waals surface area contributed by atoms with Gasteiger partial charge in [-0.25, -0.2) is 9.59 Å². The molecule has 0 aliphatic carbocycles. The zero-order valence-corrected chi connectivity index (χ0v) is 12.0. The van der Waals surface area contributed by atoms with Gasteiger partial charge in [0.1, 0.15) is 11.7 Å². The van der Waals surface area contributed by atoms with Crippen molar-refractivity contribution in [1.82, 2.24) is 0 Å². The topological polar surface area (TPSA) is 116 Å². The highest BCUT2D eigenvalue weighted by Crippen LogP contribution is 2.21. The minimum Gasteiger partial charge on any atom is -0.479 e. The van der Waals surface area contributed by atoms with Crippen LogP contribution in [0.25, 0.3) is 0 Å². The lowest BCUT2D eigenvalue weighted by Gasteiger charge is -2.20. The molecule has 2 unspecified atom stereocenters. The Balaban J connectivity index is 2.81. The smallest absolute Gasteiger partial charge is 0.412 e. The standard InChI is InChI=1S/C14H19NO6/c1-14(2,3)21-13(20)15-9-6-4-5-8(7-9)10(16)11(17)12(18)19/h4-7,10-11,16-17H,1-3H3,(H,15,20)(H,18,19). The van der Waals surface area contributed by atoms with Crippen molar-refractivity contribution in [3.8, 4) is 0 Å². The number of hydrogen-bond acceptors (Lipinski definition) is 5. The van der Waals surface area contributed by atoms with E-state index in [1.54, 1.807) is 26.8 Å². The minimum atomic E-state index is -1.94. The van der Waals surface area contributed by atoms with Crippen LogP contribution < -0.4 is 5.32 Å². The Morgan fingerprint density at radius 3 is 2.38 bits per heavy atom. The molecular weight excluding hydrogens is 278 g/mol. The zero-order chi connectivity index (χ0) is 16.2. The number of carbonyl (C=O) groups is 2. The van der Waals surface area contributed by atoms with Crippen LogP contribution >= 0.6 is 0 Å². The molecule has 0 saturated carbocycles. The van der Waals surface area contributed by atoms with Gasteiger partial charge in [0.2, 0.25) is 0 Å². The first-order valence-electron chi connectivity index (χ1n) is 6.29. The van der Waals surface area contributed by atoms with E-state index >= 15 is 0 Å². The van der Waals surface area contributed by atoms with Gasteiger partial charge in [-0.2, -0.15) is 0 Å². The van der Waals surface area contributed by atoms with E-state index in [2.05, 4.69) is 5.32 Å². The van der Waals surface area contributed by atoms with Crippen LogP contribution in [0, 0.1) is 0 Å². The van der Waals surface area contributed by atoms with Crippen LogP contribution in [0.15, 0.2) is 24.3 Å². The third kappa shape index (κ3) is 5.41. The van der Waals surface area contributed by atoms with E-state index < -0.39 is 29.9 Å². The van der Waals surface area contributed by atoms with Crippen LogP contribution in [0.5, 0.6) is 0 Å². The lowest BCUT2D eigenvalue weighted by molar-refractivity contribution is -0.153. The highest BCUT2D eigenvalue weighted by atomic mass is 16.6. The number of aliphatic hydroxyl groups is 2. The summed E-state index contributed by atoms with van der Waals surface area (Å²) in [7, 11) is 0. The molecule has 116 valence electrons. The average molecular weight is 297 g/mol. The third-order valence-electron chi connectivity index (χ3n) is 2.43. The predicted molar refractivity (Wildman–Crippen MR) is 74.9 cm³/mol. The van der Waals surface area contributed by atoms with Crippen molar-refractivity contribution in [3.63, 3.8) is 0 Å². The van der Waals surface area contributed by atoms with Crippen molar-refractivity contribution < 1.29 is 29.6 Å². The second-order valence-electron chi connectivity index (χ2n) is 5.48. The molecule has 1 aromatic carbocycles. The van der Waals surface area contributed by atoms with Gasteiger partial charge in [-0.05, 0) is 38.5 Å². The summed E-state index contributed by atoms with van der Waals surface area (Å²) < 4.78 is 5.07. The first kappa shape index (κ1) is 16.9. The summed E-state index contributed by atoms with van der Waals surface area (Å²) >= 11 is 0. The van der Waals surface area contributed by atoms with Crippen LogP contribution in [0.3, 0.4) is 0 Å². The van der Waals surface area contributed by atoms with Crippen molar-refractivity contribution in [2.24, 2.45) is 0 Å². The number of amides is 1. The number of hydrogen-bond donors (Lipinski definition) is 4. The van der Waals surface area contributed by atoms with Crippen LogP contribution in [0.2, 0.25) is 0 Å². The molecule has 7 heteroatoms. The number of benzene rings is 1. The number of carbonyl (C=O) groups excluding carboxylic acids is 1. The molecule has 0 aliphatic heterocycles. The Labute approximate surface area is 122 Å². The van der Waals surface area contributed by atoms with E-state index in [4.69, 9.17) is 9.84 Å². The van der Waals surface area contributed by atoms with Gasteiger partial charge in [-0.3, -0.25) is 5.32 Å². The molecule has 0 radical (unpaired) electrons. The van der Waals surface area contributed by atoms with Crippen molar-refractivity contribution >= 4 is 17.7 Å². The SMILES string of the molecule is CC(C)(C)OC(=O)Nc1cccc(C(O)C(O)C(=O)O)c1. The maximum absolute atomic E-state index is 11.6. The van der Waals surface area contributed by atoms with E-state index in [-0.39, 0.29) is 5.56 Å². The number of rotatable bonds is 4. The van der Waals surface area contributed by atoms with Crippen LogP contribution in [-0.2, 0) is 9.53 Å². The fourth-order valence-corrected chi connectivity index (χ4v) is 1.54. The molecule has 0 aromatic heterocycles. The Morgan fingerprint density at radius 1 is 1.24 bits per heavy atom. The Hall–Kier alpha value is -2.12. The Kier molecular flexibility index (Phi) is 5.28. The number of carboxylic acid groups (broad SMARTS) is 1. The molecule has 1 amide bonds. The molecule has 0 fully saturated rings. The van der Waals surface area contributed by atoms with Crippen molar-refractivity contribution in [1.29, 1.82) is 0 Å². The number of carboxylic acids is 1. The average Bonchev–Trinajstić information content (AvgIpc) is 2.34. The van der Waals surface area contributed by atoms with Crippen molar-refractivity contribution in [2.45, 2.75) is 38.6 Å². The van der Waals surface area contributed by atoms with Gasteiger partial charge in [-0.1, -0.05) is 12.1 Å². The summed E-state index contributed by atoms with van der Waals surface area (Å²) in [6, 6.07) is 5.87. The van der Waals surface area contributed by atoms with Crippen molar-refractivity contribution in [2.75, 3.05) is 5.32 Å². The monoisotopic (exact) mass is 297 g/mol. The molecule has 4 N–H and O–H groups in total. The quantitative estimate of drug-likeness (QED) is 0.669. The van der Waals surface area contributed by atoms with E-state index in [1.807, 2.05) is 0 Å². The zero-order valence-electron chi connectivity index (χ0n) is 12.0. The highest BCUT2D eigenvalue weighted by Gasteiger charge is 2.25. The van der Waals surface area contributed by atoms with Gasteiger partial charge in [0.25, 0.3) is 0 Å². The Morgan fingerprint density at radius 2 is 1.86 bits per heavy atom. The molecule has 1 rings (SSSR count). The van der Waals surface area contributed by atoms with E-state index in [9.17, 15) is 19.8 Å². The fraction of sp³-hybridized carbons (Fsp3) is 0.429. The van der Waals surface area contributed by atoms with E-state index in [0.29, 0.717) is 5.69 Å². The molecule has 0 spiro atoms. The molecule has 7 nitrogen and oxygen atoms in total. The highest BCUT2D eigenvalue weighted by molar-refractivity contribution is 5.85. The molecule has 2 atom stereocenters. The van der Waals surface area contributed by atoms with Gasteiger partial charge in [0, 0.05) is 5.69 Å². The van der Waals surface area contributed by atoms with Gasteiger partial charge < -0.3 is 20.1 Å². The second-order valence-corrected chi connectivity index (χ2v) is 5.48. The first-order valence-corrected chi connectivity index (χ1v) is 6.29. The number of aliphatic carboxylic acids is 1. The molecule has 0 bridgehead atoms. The molecule has 0 aliphatic rings. The summed E-state index contributed by atoms with van der Waals surface area (Å²) in [5.74, 6) is -1.53.